The van der Waals surface area contributed by atoms with E-state index in [9.17, 15) is 19.5 Å². The summed E-state index contributed by atoms with van der Waals surface area (Å²) in [7, 11) is 1.51. The number of fused-ring (bicyclic) bond motifs is 4. The van der Waals surface area contributed by atoms with Crippen LogP contribution in [0.2, 0.25) is 0 Å². The van der Waals surface area contributed by atoms with E-state index in [0.29, 0.717) is 49.7 Å². The minimum Gasteiger partial charge on any atom is -0.493 e. The standard InChI is InChI=1S/C35H51N9O6/c1-6-31-36-14-12-26(38-31)20-43-15-8-7-13-37-35(48)32(24(4)45)40-34(47)28(18-23(2)3)39-33(46)25-10-11-29(49-5)30(19-25)50-22-27-21-44(42-41-27)17-9-16-43/h10-12,14,19,21,23-24,28,32,45H,6-9,13,15-18,20,22H2,1-5H3,(H,37,48)(H,39,46)(H,40,47)/t24-,28-,32+/m1/s1. The summed E-state index contributed by atoms with van der Waals surface area (Å²) >= 11 is 0. The zero-order chi connectivity index (χ0) is 36.0. The van der Waals surface area contributed by atoms with Crippen molar-refractivity contribution in [2.45, 2.75) is 97.7 Å². The Morgan fingerprint density at radius 3 is 2.58 bits per heavy atom. The molecule has 2 aromatic heterocycles. The molecule has 0 fully saturated rings. The Kier molecular flexibility index (Phi) is 14.5. The predicted molar refractivity (Wildman–Crippen MR) is 185 cm³/mol. The lowest BCUT2D eigenvalue weighted by Crippen LogP contribution is -2.57. The van der Waals surface area contributed by atoms with Crippen molar-refractivity contribution in [3.05, 3.63) is 59.4 Å². The number of amides is 3. The van der Waals surface area contributed by atoms with Crippen molar-refractivity contribution in [2.24, 2.45) is 5.92 Å². The summed E-state index contributed by atoms with van der Waals surface area (Å²) in [6.45, 7) is 10.7. The van der Waals surface area contributed by atoms with Crippen LogP contribution in [0.4, 0.5) is 0 Å². The summed E-state index contributed by atoms with van der Waals surface area (Å²) in [4.78, 5) is 51.4. The van der Waals surface area contributed by atoms with Gasteiger partial charge in [0.15, 0.2) is 11.5 Å². The van der Waals surface area contributed by atoms with E-state index in [-0.39, 0.29) is 18.1 Å². The van der Waals surface area contributed by atoms with E-state index in [0.717, 1.165) is 43.9 Å². The molecule has 1 aromatic carbocycles. The van der Waals surface area contributed by atoms with Crippen LogP contribution in [0, 0.1) is 5.92 Å². The monoisotopic (exact) mass is 693 g/mol. The van der Waals surface area contributed by atoms with Crippen LogP contribution in [0.15, 0.2) is 36.7 Å². The Bertz CT molecular complexity index is 1560. The highest BCUT2D eigenvalue weighted by atomic mass is 16.5. The maximum Gasteiger partial charge on any atom is 0.252 e. The molecule has 50 heavy (non-hydrogen) atoms. The molecule has 0 radical (unpaired) electrons. The number of hydrogen-bond donors (Lipinski definition) is 4. The molecule has 3 amide bonds. The topological polar surface area (TPSA) is 186 Å². The second kappa shape index (κ2) is 18.9. The Morgan fingerprint density at radius 2 is 1.84 bits per heavy atom. The van der Waals surface area contributed by atoms with Crippen molar-refractivity contribution in [2.75, 3.05) is 26.7 Å². The third kappa shape index (κ3) is 11.5. The summed E-state index contributed by atoms with van der Waals surface area (Å²) < 4.78 is 13.3. The molecular weight excluding hydrogens is 642 g/mol. The van der Waals surface area contributed by atoms with Gasteiger partial charge < -0.3 is 30.5 Å². The summed E-state index contributed by atoms with van der Waals surface area (Å²) in [5.74, 6) is 0.0296. The number of hydrogen-bond acceptors (Lipinski definition) is 11. The molecule has 1 aliphatic heterocycles. The summed E-state index contributed by atoms with van der Waals surface area (Å²) in [6.07, 6.45) is 5.83. The van der Waals surface area contributed by atoms with E-state index in [1.54, 1.807) is 29.1 Å². The zero-order valence-corrected chi connectivity index (χ0v) is 29.7. The molecule has 4 rings (SSSR count). The molecule has 0 spiro atoms. The van der Waals surface area contributed by atoms with Gasteiger partial charge in [-0.3, -0.25) is 24.0 Å². The smallest absolute Gasteiger partial charge is 0.252 e. The normalized spacial score (nSPS) is 19.8. The van der Waals surface area contributed by atoms with Crippen LogP contribution in [-0.2, 0) is 35.7 Å². The average Bonchev–Trinajstić information content (AvgIpc) is 3.55. The second-order valence-electron chi connectivity index (χ2n) is 13.0. The Labute approximate surface area is 293 Å². The van der Waals surface area contributed by atoms with E-state index in [1.807, 2.05) is 33.0 Å². The molecule has 1 aliphatic rings. The highest BCUT2D eigenvalue weighted by Gasteiger charge is 2.30. The van der Waals surface area contributed by atoms with Crippen LogP contribution in [0.1, 0.15) is 80.9 Å². The fraction of sp³-hybridized carbons (Fsp3) is 0.571. The quantitative estimate of drug-likeness (QED) is 0.284. The van der Waals surface area contributed by atoms with Crippen molar-refractivity contribution >= 4 is 17.7 Å². The van der Waals surface area contributed by atoms with Crippen molar-refractivity contribution in [3.63, 3.8) is 0 Å². The highest BCUT2D eigenvalue weighted by Crippen LogP contribution is 2.29. The van der Waals surface area contributed by atoms with Crippen molar-refractivity contribution < 1.29 is 29.0 Å². The van der Waals surface area contributed by atoms with Gasteiger partial charge in [0.25, 0.3) is 5.91 Å². The molecule has 15 nitrogen and oxygen atoms in total. The van der Waals surface area contributed by atoms with Gasteiger partial charge in [0, 0.05) is 44.4 Å². The van der Waals surface area contributed by atoms with Gasteiger partial charge in [0.2, 0.25) is 11.8 Å². The fourth-order valence-electron chi connectivity index (χ4n) is 5.64. The number of aliphatic hydroxyl groups is 1. The maximum absolute atomic E-state index is 13.5. The molecule has 0 aliphatic carbocycles. The van der Waals surface area contributed by atoms with E-state index >= 15 is 0 Å². The molecule has 0 saturated carbocycles. The number of rotatable bonds is 7. The van der Waals surface area contributed by atoms with Gasteiger partial charge in [-0.15, -0.1) is 5.10 Å². The van der Waals surface area contributed by atoms with Crippen LogP contribution in [0.25, 0.3) is 0 Å². The number of nitrogens with one attached hydrogen (secondary N) is 3. The van der Waals surface area contributed by atoms with Crippen LogP contribution < -0.4 is 25.4 Å². The van der Waals surface area contributed by atoms with Crippen molar-refractivity contribution in [1.82, 2.24) is 45.8 Å². The number of aryl methyl sites for hydroxylation is 2. The van der Waals surface area contributed by atoms with Crippen molar-refractivity contribution in [1.29, 1.82) is 0 Å². The fourth-order valence-corrected chi connectivity index (χ4v) is 5.64. The predicted octanol–water partition coefficient (Wildman–Crippen LogP) is 2.03. The molecule has 15 heteroatoms. The number of methoxy groups -OCH3 is 1. The number of carbonyl (C=O) groups is 3. The Hall–Kier alpha value is -4.63. The summed E-state index contributed by atoms with van der Waals surface area (Å²) in [6, 6.07) is 4.52. The number of carbonyl (C=O) groups excluding carboxylic acids is 3. The number of aliphatic hydroxyl groups excluding tert-OH is 1. The first kappa shape index (κ1) is 38.2. The van der Waals surface area contributed by atoms with Gasteiger partial charge in [0.05, 0.1) is 25.1 Å². The second-order valence-corrected chi connectivity index (χ2v) is 13.0. The lowest BCUT2D eigenvalue weighted by atomic mass is 10.0. The highest BCUT2D eigenvalue weighted by molar-refractivity contribution is 5.99. The molecule has 0 saturated heterocycles. The maximum atomic E-state index is 13.5. The van der Waals surface area contributed by atoms with Crippen molar-refractivity contribution in [3.8, 4) is 11.5 Å². The zero-order valence-electron chi connectivity index (χ0n) is 29.7. The molecule has 4 N–H and O–H groups in total. The minimum atomic E-state index is -1.20. The van der Waals surface area contributed by atoms with Gasteiger partial charge in [-0.25, -0.2) is 9.97 Å². The van der Waals surface area contributed by atoms with E-state index in [1.165, 1.54) is 14.0 Å². The molecule has 0 unspecified atom stereocenters. The van der Waals surface area contributed by atoms with E-state index in [4.69, 9.17) is 9.47 Å². The minimum absolute atomic E-state index is 0.0440. The van der Waals surface area contributed by atoms with Gasteiger partial charge in [-0.2, -0.15) is 0 Å². The first-order valence-electron chi connectivity index (χ1n) is 17.4. The molecule has 3 heterocycles. The van der Waals surface area contributed by atoms with Crippen LogP contribution in [0.5, 0.6) is 11.5 Å². The molecule has 4 bridgehead atoms. The SMILES string of the molecule is CCc1nccc(CN2CCCCNC(=O)[C@H]([C@@H](C)O)NC(=O)[C@@H](CC(C)C)NC(=O)c3ccc(OC)c(c3)OCc3cn(nn3)CCC2)n1. The molecule has 3 atom stereocenters. The largest absolute Gasteiger partial charge is 0.493 e. The lowest BCUT2D eigenvalue weighted by Gasteiger charge is -2.26. The summed E-state index contributed by atoms with van der Waals surface area (Å²) in [5.41, 5.74) is 1.81. The van der Waals surface area contributed by atoms with Gasteiger partial charge in [-0.05, 0) is 69.3 Å². The van der Waals surface area contributed by atoms with Crippen LogP contribution in [0.3, 0.4) is 0 Å². The number of benzene rings is 1. The van der Waals surface area contributed by atoms with Gasteiger partial charge in [-0.1, -0.05) is 26.0 Å². The molecule has 272 valence electrons. The van der Waals surface area contributed by atoms with Gasteiger partial charge >= 0.3 is 0 Å². The third-order valence-electron chi connectivity index (χ3n) is 8.31. The number of nitrogens with zero attached hydrogens (tertiary/aromatic N) is 6. The first-order chi connectivity index (χ1) is 24.1. The first-order valence-corrected chi connectivity index (χ1v) is 17.4. The third-order valence-corrected chi connectivity index (χ3v) is 8.31. The van der Waals surface area contributed by atoms with E-state index < -0.39 is 35.9 Å². The Morgan fingerprint density at radius 1 is 1.04 bits per heavy atom. The van der Waals surface area contributed by atoms with Crippen LogP contribution in [-0.4, -0.2) is 97.6 Å². The van der Waals surface area contributed by atoms with Crippen LogP contribution >= 0.6 is 0 Å². The van der Waals surface area contributed by atoms with Gasteiger partial charge in [0.1, 0.15) is 30.2 Å². The lowest BCUT2D eigenvalue weighted by molar-refractivity contribution is -0.132. The molecule has 3 aromatic rings. The number of aromatic nitrogens is 5. The molecular formula is C35H51N9O6. The average molecular weight is 694 g/mol. The summed E-state index contributed by atoms with van der Waals surface area (Å²) in [5, 5.41) is 27.3. The number of ether oxygens (including phenoxy) is 2. The van der Waals surface area contributed by atoms with E-state index in [2.05, 4.69) is 41.1 Å². The Balaban J connectivity index is 1.56.